The number of amides is 1. The Balaban J connectivity index is 0.00000123. The Morgan fingerprint density at radius 3 is 2.42 bits per heavy atom. The van der Waals surface area contributed by atoms with Crippen molar-refractivity contribution in [3.05, 3.63) is 29.5 Å². The number of pyridine rings is 1. The zero-order valence-corrected chi connectivity index (χ0v) is 15.9. The summed E-state index contributed by atoms with van der Waals surface area (Å²) in [5.41, 5.74) is 1.29. The molecule has 0 saturated carbocycles. The van der Waals surface area contributed by atoms with Crippen LogP contribution < -0.4 is 5.32 Å². The average molecular weight is 334 g/mol. The minimum absolute atomic E-state index is 0.0120. The fraction of sp³-hybridized carbons (Fsp3) is 0.526. The molecule has 0 atom stereocenters. The predicted molar refractivity (Wildman–Crippen MR) is 98.8 cm³/mol. The van der Waals surface area contributed by atoms with E-state index in [1.165, 1.54) is 6.08 Å². The van der Waals surface area contributed by atoms with E-state index in [1.807, 2.05) is 54.5 Å². The number of nitrogens with one attached hydrogen (secondary N) is 1. The number of carbonyl (C=O) groups excluding carboxylic acids is 2. The number of hydrogen-bond donors (Lipinski definition) is 1. The molecule has 1 N–H and O–H groups in total. The minimum Gasteiger partial charge on any atom is -0.457 e. The number of fused-ring (bicyclic) bond motifs is 1. The molecule has 0 unspecified atom stereocenters. The lowest BCUT2D eigenvalue weighted by molar-refractivity contribution is -0.148. The molecule has 0 spiro atoms. The maximum Gasteiger partial charge on any atom is 0.331 e. The van der Waals surface area contributed by atoms with E-state index in [4.69, 9.17) is 4.74 Å². The summed E-state index contributed by atoms with van der Waals surface area (Å²) in [5, 5.41) is 2.72. The van der Waals surface area contributed by atoms with Gasteiger partial charge in [-0.15, -0.1) is 0 Å². The van der Waals surface area contributed by atoms with Gasteiger partial charge in [0.1, 0.15) is 11.4 Å². The third kappa shape index (κ3) is 7.90. The third-order valence-corrected chi connectivity index (χ3v) is 2.69. The number of esters is 1. The highest BCUT2D eigenvalue weighted by Gasteiger charge is 2.16. The van der Waals surface area contributed by atoms with Crippen molar-refractivity contribution in [2.24, 2.45) is 0 Å². The molecule has 2 heterocycles. The Kier molecular flexibility index (Phi) is 9.62. The molecule has 1 aliphatic rings. The molecule has 0 aliphatic carbocycles. The third-order valence-electron chi connectivity index (χ3n) is 2.69. The van der Waals surface area contributed by atoms with Crippen LogP contribution in [0.4, 0.5) is 5.82 Å². The largest absolute Gasteiger partial charge is 0.457 e. The van der Waals surface area contributed by atoms with Crippen molar-refractivity contribution in [1.82, 2.24) is 4.98 Å². The van der Waals surface area contributed by atoms with E-state index in [-0.39, 0.29) is 11.9 Å². The molecular weight excluding hydrogens is 304 g/mol. The number of nitrogens with zero attached hydrogens (tertiary/aromatic N) is 1. The number of rotatable bonds is 2. The van der Waals surface area contributed by atoms with Gasteiger partial charge >= 0.3 is 5.97 Å². The Hall–Kier alpha value is -2.17. The Morgan fingerprint density at radius 2 is 1.83 bits per heavy atom. The minimum atomic E-state index is -0.500. The quantitative estimate of drug-likeness (QED) is 0.644. The van der Waals surface area contributed by atoms with Gasteiger partial charge in [0, 0.05) is 18.7 Å². The first kappa shape index (κ1) is 21.8. The highest BCUT2D eigenvalue weighted by Crippen LogP contribution is 2.21. The summed E-state index contributed by atoms with van der Waals surface area (Å²) < 4.78 is 5.18. The highest BCUT2D eigenvalue weighted by atomic mass is 16.6. The van der Waals surface area contributed by atoms with Gasteiger partial charge in [-0.2, -0.15) is 0 Å². The molecule has 134 valence electrons. The molecule has 0 radical (unpaired) electrons. The first-order valence-corrected chi connectivity index (χ1v) is 8.53. The molecule has 1 amide bonds. The summed E-state index contributed by atoms with van der Waals surface area (Å²) in [6, 6.07) is 1.92. The summed E-state index contributed by atoms with van der Waals surface area (Å²) in [6.45, 7) is 13.5. The van der Waals surface area contributed by atoms with Crippen LogP contribution in [-0.4, -0.2) is 22.5 Å². The van der Waals surface area contributed by atoms with Gasteiger partial charge in [0.15, 0.2) is 0 Å². The Morgan fingerprint density at radius 1 is 1.21 bits per heavy atom. The lowest BCUT2D eigenvalue weighted by Gasteiger charge is -2.18. The molecule has 5 heteroatoms. The molecule has 1 aromatic heterocycles. The van der Waals surface area contributed by atoms with Gasteiger partial charge in [0.25, 0.3) is 0 Å². The van der Waals surface area contributed by atoms with E-state index in [0.717, 1.165) is 11.1 Å². The first-order chi connectivity index (χ1) is 11.3. The van der Waals surface area contributed by atoms with Crippen molar-refractivity contribution in [3.8, 4) is 0 Å². The molecule has 5 nitrogen and oxygen atoms in total. The Bertz CT molecular complexity index is 572. The van der Waals surface area contributed by atoms with E-state index < -0.39 is 5.60 Å². The molecular formula is C19H30N2O3. The number of ether oxygens (including phenoxy) is 1. The molecule has 0 fully saturated rings. The smallest absolute Gasteiger partial charge is 0.331 e. The summed E-state index contributed by atoms with van der Waals surface area (Å²) >= 11 is 0. The van der Waals surface area contributed by atoms with Crippen molar-refractivity contribution in [1.29, 1.82) is 0 Å². The summed E-state index contributed by atoms with van der Waals surface area (Å²) in [4.78, 5) is 27.0. The van der Waals surface area contributed by atoms with Crippen molar-refractivity contribution in [3.63, 3.8) is 0 Å². The van der Waals surface area contributed by atoms with Crippen LogP contribution in [0.25, 0.3) is 6.08 Å². The van der Waals surface area contributed by atoms with Crippen LogP contribution >= 0.6 is 0 Å². The summed E-state index contributed by atoms with van der Waals surface area (Å²) in [7, 11) is 0. The normalized spacial score (nSPS) is 12.9. The lowest BCUT2D eigenvalue weighted by atomic mass is 10.0. The monoisotopic (exact) mass is 334 g/mol. The number of aromatic nitrogens is 1. The molecule has 0 bridgehead atoms. The second-order valence-corrected chi connectivity index (χ2v) is 5.69. The van der Waals surface area contributed by atoms with E-state index in [0.29, 0.717) is 18.7 Å². The van der Waals surface area contributed by atoms with Crippen molar-refractivity contribution in [2.45, 2.75) is 66.9 Å². The number of hydrogen-bond acceptors (Lipinski definition) is 4. The SMILES string of the molecule is CC.CC.CC(C)(C)OC(=O)/C=C/c1cnc2c(c1)CCC(=O)N2. The zero-order valence-electron chi connectivity index (χ0n) is 15.9. The van der Waals surface area contributed by atoms with Crippen molar-refractivity contribution < 1.29 is 14.3 Å². The van der Waals surface area contributed by atoms with Crippen LogP contribution in [0.2, 0.25) is 0 Å². The maximum absolute atomic E-state index is 11.6. The fourth-order valence-electron chi connectivity index (χ4n) is 1.87. The van der Waals surface area contributed by atoms with Crippen LogP contribution in [0.1, 0.15) is 66.0 Å². The van der Waals surface area contributed by atoms with Crippen molar-refractivity contribution in [2.75, 3.05) is 5.32 Å². The van der Waals surface area contributed by atoms with Gasteiger partial charge in [-0.3, -0.25) is 4.79 Å². The first-order valence-electron chi connectivity index (χ1n) is 8.53. The van der Waals surface area contributed by atoms with E-state index in [1.54, 1.807) is 12.3 Å². The van der Waals surface area contributed by atoms with Gasteiger partial charge < -0.3 is 10.1 Å². The zero-order chi connectivity index (χ0) is 18.8. The fourth-order valence-corrected chi connectivity index (χ4v) is 1.87. The number of anilines is 1. The summed E-state index contributed by atoms with van der Waals surface area (Å²) in [5.74, 6) is 0.209. The van der Waals surface area contributed by atoms with Gasteiger partial charge in [-0.25, -0.2) is 9.78 Å². The van der Waals surface area contributed by atoms with E-state index in [9.17, 15) is 9.59 Å². The Labute approximate surface area is 145 Å². The summed E-state index contributed by atoms with van der Waals surface area (Å²) in [6.07, 6.45) is 5.80. The van der Waals surface area contributed by atoms with Crippen LogP contribution in [0, 0.1) is 0 Å². The predicted octanol–water partition coefficient (Wildman–Crippen LogP) is 4.37. The molecule has 0 saturated heterocycles. The van der Waals surface area contributed by atoms with Crippen LogP contribution in [0.3, 0.4) is 0 Å². The van der Waals surface area contributed by atoms with E-state index in [2.05, 4.69) is 10.3 Å². The van der Waals surface area contributed by atoms with Gasteiger partial charge in [-0.05, 0) is 50.5 Å². The second-order valence-electron chi connectivity index (χ2n) is 5.69. The topological polar surface area (TPSA) is 68.3 Å². The van der Waals surface area contributed by atoms with Crippen molar-refractivity contribution >= 4 is 23.8 Å². The maximum atomic E-state index is 11.6. The molecule has 24 heavy (non-hydrogen) atoms. The van der Waals surface area contributed by atoms with Crippen LogP contribution in [-0.2, 0) is 20.7 Å². The van der Waals surface area contributed by atoms with Crippen LogP contribution in [0.15, 0.2) is 18.3 Å². The lowest BCUT2D eigenvalue weighted by Crippen LogP contribution is -2.22. The molecule has 2 rings (SSSR count). The number of carbonyl (C=O) groups is 2. The average Bonchev–Trinajstić information content (AvgIpc) is 2.55. The van der Waals surface area contributed by atoms with Gasteiger partial charge in [0.2, 0.25) is 5.91 Å². The van der Waals surface area contributed by atoms with Gasteiger partial charge in [-0.1, -0.05) is 27.7 Å². The van der Waals surface area contributed by atoms with E-state index >= 15 is 0 Å². The highest BCUT2D eigenvalue weighted by molar-refractivity contribution is 5.93. The van der Waals surface area contributed by atoms with Gasteiger partial charge in [0.05, 0.1) is 0 Å². The molecule has 1 aliphatic heterocycles. The number of aryl methyl sites for hydroxylation is 1. The standard InChI is InChI=1S/C15H18N2O3.2C2H6/c1-15(2,3)20-13(19)7-4-10-8-11-5-6-12(18)17-14(11)16-9-10;2*1-2/h4,7-9H,5-6H2,1-3H3,(H,16,17,18);2*1-2H3/b7-4+;;. The second kappa shape index (κ2) is 10.6. The van der Waals surface area contributed by atoms with Crippen LogP contribution in [0.5, 0.6) is 0 Å². The molecule has 1 aromatic rings. The molecule has 0 aromatic carbocycles.